The van der Waals surface area contributed by atoms with Crippen molar-refractivity contribution in [2.45, 2.75) is 38.0 Å². The minimum atomic E-state index is -0.174. The molecule has 0 aliphatic carbocycles. The Hall–Kier alpha value is -1.48. The molecular formula is C17H20FNS. The number of anilines is 1. The van der Waals surface area contributed by atoms with Gasteiger partial charge in [-0.2, -0.15) is 0 Å². The lowest BCUT2D eigenvalue weighted by Gasteiger charge is -2.20. The minimum Gasteiger partial charge on any atom is -0.326 e. The van der Waals surface area contributed by atoms with Gasteiger partial charge >= 0.3 is 0 Å². The van der Waals surface area contributed by atoms with E-state index in [9.17, 15) is 4.39 Å². The van der Waals surface area contributed by atoms with Crippen LogP contribution in [0.15, 0.2) is 47.4 Å². The van der Waals surface area contributed by atoms with Gasteiger partial charge in [-0.1, -0.05) is 44.5 Å². The molecule has 0 aliphatic heterocycles. The number of halogens is 1. The molecule has 0 bridgehead atoms. The van der Waals surface area contributed by atoms with E-state index in [0.29, 0.717) is 0 Å². The molecular weight excluding hydrogens is 269 g/mol. The number of nitrogens with one attached hydrogen (secondary N) is 1. The highest BCUT2D eigenvalue weighted by atomic mass is 32.2. The monoisotopic (exact) mass is 289 g/mol. The van der Waals surface area contributed by atoms with Crippen molar-refractivity contribution in [3.63, 3.8) is 0 Å². The molecule has 0 saturated heterocycles. The Bertz CT molecular complexity index is 585. The summed E-state index contributed by atoms with van der Waals surface area (Å²) in [6.45, 7) is 8.10. The number of benzene rings is 2. The molecule has 0 unspecified atom stereocenters. The normalized spacial score (nSPS) is 11.4. The smallest absolute Gasteiger partial charge is 0.129 e. The van der Waals surface area contributed by atoms with Crippen molar-refractivity contribution in [2.75, 3.05) is 4.72 Å². The zero-order valence-corrected chi connectivity index (χ0v) is 13.1. The molecule has 0 radical (unpaired) electrons. The van der Waals surface area contributed by atoms with Crippen LogP contribution in [0.5, 0.6) is 0 Å². The molecule has 3 heteroatoms. The third-order valence-corrected chi connectivity index (χ3v) is 3.93. The van der Waals surface area contributed by atoms with Crippen LogP contribution in [0, 0.1) is 12.7 Å². The van der Waals surface area contributed by atoms with E-state index >= 15 is 0 Å². The lowest BCUT2D eigenvalue weighted by molar-refractivity contribution is 0.523. The molecule has 2 aromatic carbocycles. The fourth-order valence-corrected chi connectivity index (χ4v) is 2.55. The standard InChI is InChI=1S/C17H20FNS/c1-12-5-8-14(9-6-12)20-19-13-7-10-15(16(18)11-13)17(2,3)4/h5-11,19H,1-4H3. The first-order chi connectivity index (χ1) is 9.36. The van der Waals surface area contributed by atoms with Crippen LogP contribution in [0.2, 0.25) is 0 Å². The topological polar surface area (TPSA) is 12.0 Å². The molecule has 0 fully saturated rings. The highest BCUT2D eigenvalue weighted by Crippen LogP contribution is 2.28. The second kappa shape index (κ2) is 5.88. The number of hydrogen-bond donors (Lipinski definition) is 1. The van der Waals surface area contributed by atoms with E-state index in [-0.39, 0.29) is 11.2 Å². The molecule has 1 nitrogen and oxygen atoms in total. The van der Waals surface area contributed by atoms with Crippen LogP contribution in [-0.4, -0.2) is 0 Å². The summed E-state index contributed by atoms with van der Waals surface area (Å²) in [5.41, 5.74) is 2.58. The fourth-order valence-electron chi connectivity index (χ4n) is 1.91. The van der Waals surface area contributed by atoms with Crippen LogP contribution < -0.4 is 4.72 Å². The summed E-state index contributed by atoms with van der Waals surface area (Å²) in [6.07, 6.45) is 0. The van der Waals surface area contributed by atoms with Gasteiger partial charge in [0.05, 0.1) is 0 Å². The Labute approximate surface area is 124 Å². The maximum atomic E-state index is 14.1. The summed E-state index contributed by atoms with van der Waals surface area (Å²) >= 11 is 1.49. The highest BCUT2D eigenvalue weighted by Gasteiger charge is 2.18. The van der Waals surface area contributed by atoms with Crippen LogP contribution in [0.3, 0.4) is 0 Å². The molecule has 0 atom stereocenters. The van der Waals surface area contributed by atoms with Crippen LogP contribution >= 0.6 is 11.9 Å². The average molecular weight is 289 g/mol. The predicted molar refractivity (Wildman–Crippen MR) is 85.8 cm³/mol. The first-order valence-corrected chi connectivity index (χ1v) is 7.47. The molecule has 0 aliphatic rings. The molecule has 1 N–H and O–H groups in total. The van der Waals surface area contributed by atoms with Crippen molar-refractivity contribution in [3.8, 4) is 0 Å². The minimum absolute atomic E-state index is 0.160. The second-order valence-electron chi connectivity index (χ2n) is 5.96. The molecule has 0 aromatic heterocycles. The van der Waals surface area contributed by atoms with Gasteiger partial charge in [-0.15, -0.1) is 0 Å². The summed E-state index contributed by atoms with van der Waals surface area (Å²) in [6, 6.07) is 13.6. The van der Waals surface area contributed by atoms with Gasteiger partial charge in [0.15, 0.2) is 0 Å². The summed E-state index contributed by atoms with van der Waals surface area (Å²) in [4.78, 5) is 1.11. The van der Waals surface area contributed by atoms with Gasteiger partial charge in [0.2, 0.25) is 0 Å². The number of hydrogen-bond acceptors (Lipinski definition) is 2. The quantitative estimate of drug-likeness (QED) is 0.743. The first-order valence-electron chi connectivity index (χ1n) is 6.66. The maximum Gasteiger partial charge on any atom is 0.129 e. The summed E-state index contributed by atoms with van der Waals surface area (Å²) in [5, 5.41) is 0. The van der Waals surface area contributed by atoms with Crippen molar-refractivity contribution in [2.24, 2.45) is 0 Å². The van der Waals surface area contributed by atoms with Crippen molar-refractivity contribution in [1.29, 1.82) is 0 Å². The molecule has 0 heterocycles. The van der Waals surface area contributed by atoms with E-state index in [1.807, 2.05) is 45.0 Å². The van der Waals surface area contributed by atoms with E-state index in [1.54, 1.807) is 6.07 Å². The predicted octanol–water partition coefficient (Wildman–Crippen LogP) is 5.55. The maximum absolute atomic E-state index is 14.1. The van der Waals surface area contributed by atoms with Gasteiger partial charge in [-0.25, -0.2) is 4.39 Å². The van der Waals surface area contributed by atoms with Gasteiger partial charge in [0, 0.05) is 10.6 Å². The van der Waals surface area contributed by atoms with Crippen molar-refractivity contribution < 1.29 is 4.39 Å². The van der Waals surface area contributed by atoms with Crippen LogP contribution in [0.25, 0.3) is 0 Å². The van der Waals surface area contributed by atoms with E-state index in [4.69, 9.17) is 0 Å². The molecule has 2 aromatic rings. The zero-order chi connectivity index (χ0) is 14.8. The molecule has 20 heavy (non-hydrogen) atoms. The van der Waals surface area contributed by atoms with E-state index in [1.165, 1.54) is 17.5 Å². The molecule has 106 valence electrons. The molecule has 0 saturated carbocycles. The first kappa shape index (κ1) is 14.9. The molecule has 0 spiro atoms. The van der Waals surface area contributed by atoms with E-state index in [2.05, 4.69) is 23.8 Å². The Balaban J connectivity index is 2.07. The highest BCUT2D eigenvalue weighted by molar-refractivity contribution is 8.00. The third kappa shape index (κ3) is 3.76. The van der Waals surface area contributed by atoms with E-state index < -0.39 is 0 Å². The molecule has 0 amide bonds. The second-order valence-corrected chi connectivity index (χ2v) is 6.84. The SMILES string of the molecule is Cc1ccc(SNc2ccc(C(C)(C)C)c(F)c2)cc1. The van der Waals surface area contributed by atoms with Crippen LogP contribution in [0.1, 0.15) is 31.9 Å². The van der Waals surface area contributed by atoms with Gasteiger partial charge in [-0.3, -0.25) is 0 Å². The zero-order valence-electron chi connectivity index (χ0n) is 12.3. The van der Waals surface area contributed by atoms with Crippen LogP contribution in [0.4, 0.5) is 10.1 Å². The van der Waals surface area contributed by atoms with Crippen molar-refractivity contribution in [1.82, 2.24) is 0 Å². The number of aryl methyl sites for hydroxylation is 1. The van der Waals surface area contributed by atoms with E-state index in [0.717, 1.165) is 16.1 Å². The Morgan fingerprint density at radius 2 is 1.65 bits per heavy atom. The Morgan fingerprint density at radius 1 is 1.00 bits per heavy atom. The van der Waals surface area contributed by atoms with Crippen molar-refractivity contribution in [3.05, 3.63) is 59.4 Å². The lowest BCUT2D eigenvalue weighted by Crippen LogP contribution is -2.13. The van der Waals surface area contributed by atoms with Gasteiger partial charge < -0.3 is 4.72 Å². The lowest BCUT2D eigenvalue weighted by atomic mass is 9.86. The Morgan fingerprint density at radius 3 is 2.20 bits per heavy atom. The third-order valence-electron chi connectivity index (χ3n) is 3.08. The molecule has 2 rings (SSSR count). The van der Waals surface area contributed by atoms with Crippen molar-refractivity contribution >= 4 is 17.6 Å². The Kier molecular flexibility index (Phi) is 4.39. The fraction of sp³-hybridized carbons (Fsp3) is 0.294. The van der Waals surface area contributed by atoms with Crippen LogP contribution in [-0.2, 0) is 5.41 Å². The summed E-state index contributed by atoms with van der Waals surface area (Å²) in [7, 11) is 0. The largest absolute Gasteiger partial charge is 0.326 e. The van der Waals surface area contributed by atoms with Gasteiger partial charge in [0.25, 0.3) is 0 Å². The van der Waals surface area contributed by atoms with Gasteiger partial charge in [-0.05, 0) is 54.1 Å². The summed E-state index contributed by atoms with van der Waals surface area (Å²) in [5.74, 6) is -0.160. The van der Waals surface area contributed by atoms with Gasteiger partial charge in [0.1, 0.15) is 5.82 Å². The summed E-state index contributed by atoms with van der Waals surface area (Å²) < 4.78 is 17.3. The number of rotatable bonds is 3. The average Bonchev–Trinajstić information content (AvgIpc) is 2.36.